The first-order chi connectivity index (χ1) is 21.8. The minimum Gasteiger partial charge on any atom is -0.456 e. The van der Waals surface area contributed by atoms with Gasteiger partial charge in [0.05, 0.1) is 39.1 Å². The number of para-hydroxylation sites is 3. The molecule has 44 heavy (non-hydrogen) atoms. The predicted molar refractivity (Wildman–Crippen MR) is 181 cm³/mol. The normalized spacial score (nSPS) is 12.1. The van der Waals surface area contributed by atoms with E-state index < -0.39 is 0 Å². The van der Waals surface area contributed by atoms with Gasteiger partial charge in [0.2, 0.25) is 0 Å². The molecule has 3 heterocycles. The van der Waals surface area contributed by atoms with E-state index in [9.17, 15) is 0 Å². The van der Waals surface area contributed by atoms with Crippen molar-refractivity contribution >= 4 is 65.6 Å². The van der Waals surface area contributed by atoms with Crippen LogP contribution in [0.1, 0.15) is 0 Å². The van der Waals surface area contributed by atoms with E-state index in [-0.39, 0.29) is 0 Å². The molecule has 10 rings (SSSR count). The third-order valence-corrected chi connectivity index (χ3v) is 8.94. The molecule has 0 bridgehead atoms. The van der Waals surface area contributed by atoms with Crippen molar-refractivity contribution in [3.05, 3.63) is 140 Å². The van der Waals surface area contributed by atoms with E-state index in [1.807, 2.05) is 30.3 Å². The van der Waals surface area contributed by atoms with Crippen LogP contribution in [0.25, 0.3) is 93.8 Å². The Morgan fingerprint density at radius 3 is 1.66 bits per heavy atom. The number of nitrogens with zero attached hydrogens (tertiary/aromatic N) is 3. The van der Waals surface area contributed by atoms with Crippen LogP contribution in [0.4, 0.5) is 0 Å². The lowest BCUT2D eigenvalue weighted by molar-refractivity contribution is 0.664. The molecule has 0 saturated carbocycles. The summed E-state index contributed by atoms with van der Waals surface area (Å²) in [5, 5.41) is 7.05. The summed E-state index contributed by atoms with van der Waals surface area (Å²) in [5.41, 5.74) is 10.6. The first-order valence-electron chi connectivity index (χ1n) is 14.8. The molecule has 0 N–H and O–H groups in total. The van der Waals surface area contributed by atoms with Gasteiger partial charge in [-0.1, -0.05) is 97.1 Å². The molecule has 4 nitrogen and oxygen atoms in total. The van der Waals surface area contributed by atoms with Gasteiger partial charge in [-0.05, 0) is 53.2 Å². The Hall–Kier alpha value is -6.00. The Labute approximate surface area is 251 Å². The molecule has 0 radical (unpaired) electrons. The minimum absolute atomic E-state index is 0.860. The van der Waals surface area contributed by atoms with Crippen LogP contribution in [0, 0.1) is 0 Å². The van der Waals surface area contributed by atoms with Gasteiger partial charge in [-0.25, -0.2) is 9.97 Å². The molecule has 0 aliphatic heterocycles. The van der Waals surface area contributed by atoms with Crippen LogP contribution in [-0.4, -0.2) is 14.5 Å². The van der Waals surface area contributed by atoms with E-state index in [0.29, 0.717) is 0 Å². The monoisotopic (exact) mass is 561 g/mol. The lowest BCUT2D eigenvalue weighted by atomic mass is 10.00. The summed E-state index contributed by atoms with van der Waals surface area (Å²) in [4.78, 5) is 10.5. The molecule has 10 aromatic rings. The number of hydrogen-bond donors (Lipinski definition) is 0. The lowest BCUT2D eigenvalue weighted by Crippen LogP contribution is -2.01. The summed E-state index contributed by atoms with van der Waals surface area (Å²) >= 11 is 0. The molecular formula is C40H23N3O. The molecular weight excluding hydrogens is 538 g/mol. The van der Waals surface area contributed by atoms with Gasteiger partial charge in [-0.2, -0.15) is 0 Å². The van der Waals surface area contributed by atoms with Gasteiger partial charge in [-0.3, -0.25) is 0 Å². The highest BCUT2D eigenvalue weighted by Gasteiger charge is 2.24. The first-order valence-corrected chi connectivity index (χ1v) is 14.8. The number of fused-ring (bicyclic) bond motifs is 1. The number of benzene rings is 7. The van der Waals surface area contributed by atoms with Crippen LogP contribution in [0.2, 0.25) is 0 Å². The van der Waals surface area contributed by atoms with Crippen LogP contribution in [0.15, 0.2) is 144 Å². The third kappa shape index (κ3) is 3.17. The van der Waals surface area contributed by atoms with Gasteiger partial charge in [0.15, 0.2) is 0 Å². The van der Waals surface area contributed by atoms with E-state index in [1.165, 1.54) is 21.5 Å². The zero-order chi connectivity index (χ0) is 28.8. The molecule has 0 fully saturated rings. The number of rotatable bonds is 3. The highest BCUT2D eigenvalue weighted by atomic mass is 16.3. The van der Waals surface area contributed by atoms with E-state index in [4.69, 9.17) is 14.4 Å². The summed E-state index contributed by atoms with van der Waals surface area (Å²) in [5.74, 6) is 0. The van der Waals surface area contributed by atoms with Crippen molar-refractivity contribution in [2.75, 3.05) is 0 Å². The summed E-state index contributed by atoms with van der Waals surface area (Å²) in [6, 6.07) is 48.6. The molecule has 0 aliphatic rings. The first kappa shape index (κ1) is 23.6. The molecule has 0 aliphatic carbocycles. The fourth-order valence-electron chi connectivity index (χ4n) is 7.08. The highest BCUT2D eigenvalue weighted by molar-refractivity contribution is 6.33. The van der Waals surface area contributed by atoms with E-state index >= 15 is 0 Å². The van der Waals surface area contributed by atoms with Crippen LogP contribution in [0.3, 0.4) is 0 Å². The Morgan fingerprint density at radius 2 is 1.00 bits per heavy atom. The van der Waals surface area contributed by atoms with Crippen molar-refractivity contribution in [3.63, 3.8) is 0 Å². The average Bonchev–Trinajstić information content (AvgIpc) is 3.34. The van der Waals surface area contributed by atoms with Crippen LogP contribution in [-0.2, 0) is 0 Å². The highest BCUT2D eigenvalue weighted by Crippen LogP contribution is 2.46. The van der Waals surface area contributed by atoms with Gasteiger partial charge in [0, 0.05) is 32.7 Å². The summed E-state index contributed by atoms with van der Waals surface area (Å²) < 4.78 is 9.04. The molecule has 0 amide bonds. The summed E-state index contributed by atoms with van der Waals surface area (Å²) in [6.45, 7) is 0. The minimum atomic E-state index is 0.860. The van der Waals surface area contributed by atoms with Crippen molar-refractivity contribution in [2.45, 2.75) is 0 Å². The van der Waals surface area contributed by atoms with Crippen molar-refractivity contribution in [3.8, 4) is 28.2 Å². The predicted octanol–water partition coefficient (Wildman–Crippen LogP) is 10.6. The average molecular weight is 562 g/mol. The molecule has 0 unspecified atom stereocenters. The largest absolute Gasteiger partial charge is 0.456 e. The van der Waals surface area contributed by atoms with E-state index in [1.54, 1.807) is 0 Å². The fraction of sp³-hybridized carbons (Fsp3) is 0. The van der Waals surface area contributed by atoms with Crippen LogP contribution >= 0.6 is 0 Å². The maximum absolute atomic E-state index is 6.63. The Morgan fingerprint density at radius 1 is 0.432 bits per heavy atom. The fourth-order valence-corrected chi connectivity index (χ4v) is 7.08. The molecule has 4 heteroatoms. The molecule has 7 aromatic carbocycles. The second-order valence-corrected chi connectivity index (χ2v) is 11.4. The SMILES string of the molecule is c1ccc(-c2nc3ccccc3nc2-c2ccccc2-n2c3ccc4cccc5oc6cccc7ccc2c(c76)c3c45)cc1. The zero-order valence-corrected chi connectivity index (χ0v) is 23.5. The standard InChI is InChI=1S/C40H23N3O/c1-2-10-26(11-3-1)39-40(42-29-16-6-5-15-28(29)41-39)27-14-4-7-17-30(27)43-31-22-20-24-12-8-18-33-35(24)37(31)38-32(43)23-21-25-13-9-19-34(44-33)36(25)38/h1-23H. The van der Waals surface area contributed by atoms with E-state index in [2.05, 4.69) is 114 Å². The van der Waals surface area contributed by atoms with Gasteiger partial charge < -0.3 is 8.98 Å². The third-order valence-electron chi connectivity index (χ3n) is 8.94. The van der Waals surface area contributed by atoms with Crippen molar-refractivity contribution in [1.82, 2.24) is 14.5 Å². The number of hydrogen-bond acceptors (Lipinski definition) is 3. The second kappa shape index (κ2) is 8.76. The Bertz CT molecular complexity index is 2610. The Balaban J connectivity index is 1.38. The number of aromatic nitrogens is 3. The van der Waals surface area contributed by atoms with Crippen molar-refractivity contribution in [2.24, 2.45) is 0 Å². The van der Waals surface area contributed by atoms with Crippen molar-refractivity contribution in [1.29, 1.82) is 0 Å². The van der Waals surface area contributed by atoms with Crippen LogP contribution < -0.4 is 0 Å². The van der Waals surface area contributed by atoms with E-state index in [0.717, 1.165) is 72.2 Å². The van der Waals surface area contributed by atoms with Crippen molar-refractivity contribution < 1.29 is 4.42 Å². The zero-order valence-electron chi connectivity index (χ0n) is 23.5. The molecule has 0 spiro atoms. The molecule has 0 atom stereocenters. The Kier molecular flexibility index (Phi) is 4.69. The molecule has 0 saturated heterocycles. The quantitative estimate of drug-likeness (QED) is 0.215. The van der Waals surface area contributed by atoms with Gasteiger partial charge in [0.1, 0.15) is 11.2 Å². The summed E-state index contributed by atoms with van der Waals surface area (Å²) in [7, 11) is 0. The summed E-state index contributed by atoms with van der Waals surface area (Å²) in [6.07, 6.45) is 0. The topological polar surface area (TPSA) is 43.9 Å². The second-order valence-electron chi connectivity index (χ2n) is 11.4. The molecule has 204 valence electrons. The smallest absolute Gasteiger partial charge is 0.135 e. The maximum atomic E-state index is 6.63. The van der Waals surface area contributed by atoms with Gasteiger partial charge in [0.25, 0.3) is 0 Å². The van der Waals surface area contributed by atoms with Gasteiger partial charge >= 0.3 is 0 Å². The maximum Gasteiger partial charge on any atom is 0.135 e. The lowest BCUT2D eigenvalue weighted by Gasteiger charge is -2.17. The van der Waals surface area contributed by atoms with Crippen LogP contribution in [0.5, 0.6) is 0 Å². The van der Waals surface area contributed by atoms with Gasteiger partial charge in [-0.15, -0.1) is 0 Å². The molecule has 3 aromatic heterocycles.